The number of carbonyl (C=O) groups is 1. The monoisotopic (exact) mass is 364 g/mol. The number of ether oxygens (including phenoxy) is 2. The molecule has 134 valence electrons. The van der Waals surface area contributed by atoms with Crippen LogP contribution in [0.15, 0.2) is 18.2 Å². The van der Waals surface area contributed by atoms with E-state index in [2.05, 4.69) is 20.8 Å². The Morgan fingerprint density at radius 2 is 2.16 bits per heavy atom. The number of aliphatic hydroxyl groups excluding tert-OH is 1. The minimum absolute atomic E-state index is 0.0175. The van der Waals surface area contributed by atoms with Crippen LogP contribution in [0, 0.1) is 0 Å². The molecule has 1 atom stereocenters. The molecule has 1 aliphatic carbocycles. The normalized spacial score (nSPS) is 14.7. The van der Waals surface area contributed by atoms with Crippen molar-refractivity contribution in [1.29, 1.82) is 0 Å². The molecular weight excluding hydrogens is 344 g/mol. The molecule has 0 unspecified atom stereocenters. The van der Waals surface area contributed by atoms with Gasteiger partial charge in [-0.15, -0.1) is 10.2 Å². The number of hydrogen-bond acceptors (Lipinski definition) is 7. The molecule has 1 fully saturated rings. The van der Waals surface area contributed by atoms with E-state index in [1.54, 1.807) is 25.3 Å². The van der Waals surface area contributed by atoms with Gasteiger partial charge in [0.1, 0.15) is 22.6 Å². The number of aliphatic hydroxyl groups is 1. The van der Waals surface area contributed by atoms with Crippen LogP contribution in [0.4, 0.5) is 9.93 Å². The van der Waals surface area contributed by atoms with Crippen molar-refractivity contribution in [3.63, 3.8) is 0 Å². The highest BCUT2D eigenvalue weighted by Crippen LogP contribution is 2.42. The second kappa shape index (κ2) is 7.66. The summed E-state index contributed by atoms with van der Waals surface area (Å²) in [4.78, 5) is 12.0. The van der Waals surface area contributed by atoms with Crippen LogP contribution < -0.4 is 20.1 Å². The van der Waals surface area contributed by atoms with E-state index in [-0.39, 0.29) is 6.54 Å². The van der Waals surface area contributed by atoms with E-state index >= 15 is 0 Å². The van der Waals surface area contributed by atoms with Gasteiger partial charge in [-0.25, -0.2) is 4.79 Å². The van der Waals surface area contributed by atoms with E-state index in [0.717, 1.165) is 17.8 Å². The summed E-state index contributed by atoms with van der Waals surface area (Å²) in [6, 6.07) is 4.68. The summed E-state index contributed by atoms with van der Waals surface area (Å²) in [7, 11) is 3.06. The average Bonchev–Trinajstić information content (AvgIpc) is 3.38. The van der Waals surface area contributed by atoms with E-state index in [9.17, 15) is 9.90 Å². The molecule has 1 aromatic carbocycles. The van der Waals surface area contributed by atoms with Crippen molar-refractivity contribution in [3.8, 4) is 11.5 Å². The maximum atomic E-state index is 12.0. The van der Waals surface area contributed by atoms with Gasteiger partial charge in [-0.2, -0.15) is 0 Å². The van der Waals surface area contributed by atoms with Crippen LogP contribution in [0.2, 0.25) is 0 Å². The maximum Gasteiger partial charge on any atom is 0.321 e. The second-order valence-electron chi connectivity index (χ2n) is 5.68. The van der Waals surface area contributed by atoms with Crippen molar-refractivity contribution in [2.24, 2.45) is 0 Å². The van der Waals surface area contributed by atoms with Gasteiger partial charge >= 0.3 is 6.03 Å². The van der Waals surface area contributed by atoms with Gasteiger partial charge in [0.25, 0.3) is 0 Å². The number of amides is 2. The predicted octanol–water partition coefficient (Wildman–Crippen LogP) is 2.29. The summed E-state index contributed by atoms with van der Waals surface area (Å²) in [5, 5.41) is 25.0. The van der Waals surface area contributed by atoms with Crippen molar-refractivity contribution >= 4 is 22.5 Å². The van der Waals surface area contributed by atoms with Crippen molar-refractivity contribution in [2.45, 2.75) is 24.9 Å². The summed E-state index contributed by atoms with van der Waals surface area (Å²) < 4.78 is 10.4. The van der Waals surface area contributed by atoms with Crippen LogP contribution in [0.5, 0.6) is 11.5 Å². The molecule has 1 saturated carbocycles. The van der Waals surface area contributed by atoms with Crippen LogP contribution in [-0.4, -0.2) is 42.1 Å². The number of carbonyl (C=O) groups excluding carboxylic acids is 1. The summed E-state index contributed by atoms with van der Waals surface area (Å²) >= 11 is 1.38. The lowest BCUT2D eigenvalue weighted by Gasteiger charge is -2.16. The topological polar surface area (TPSA) is 106 Å². The van der Waals surface area contributed by atoms with E-state index in [0.29, 0.717) is 28.1 Å². The SMILES string of the molecule is COc1ccc(OC)c([C@H](O)CNC(=O)Nc2nnc(C3CC3)s2)c1. The smallest absolute Gasteiger partial charge is 0.321 e. The van der Waals surface area contributed by atoms with Gasteiger partial charge in [0.15, 0.2) is 0 Å². The lowest BCUT2D eigenvalue weighted by Crippen LogP contribution is -2.32. The largest absolute Gasteiger partial charge is 0.497 e. The van der Waals surface area contributed by atoms with Gasteiger partial charge in [-0.3, -0.25) is 5.32 Å². The van der Waals surface area contributed by atoms with Gasteiger partial charge in [0.05, 0.1) is 14.2 Å². The van der Waals surface area contributed by atoms with Crippen LogP contribution in [0.25, 0.3) is 0 Å². The van der Waals surface area contributed by atoms with E-state index in [4.69, 9.17) is 9.47 Å². The highest BCUT2D eigenvalue weighted by molar-refractivity contribution is 7.15. The Morgan fingerprint density at radius 3 is 2.84 bits per heavy atom. The second-order valence-corrected chi connectivity index (χ2v) is 6.69. The van der Waals surface area contributed by atoms with Crippen molar-refractivity contribution in [1.82, 2.24) is 15.5 Å². The third-order valence-electron chi connectivity index (χ3n) is 3.84. The van der Waals surface area contributed by atoms with Gasteiger partial charge in [0, 0.05) is 18.0 Å². The molecule has 1 aliphatic rings. The number of rotatable bonds is 7. The molecule has 3 rings (SSSR count). The molecule has 1 heterocycles. The third-order valence-corrected chi connectivity index (χ3v) is 4.84. The molecule has 0 bridgehead atoms. The minimum atomic E-state index is -0.938. The number of anilines is 1. The quantitative estimate of drug-likeness (QED) is 0.696. The molecule has 9 heteroatoms. The highest BCUT2D eigenvalue weighted by Gasteiger charge is 2.27. The Hall–Kier alpha value is -2.39. The first-order chi connectivity index (χ1) is 12.1. The molecule has 0 spiro atoms. The Kier molecular flexibility index (Phi) is 5.34. The van der Waals surface area contributed by atoms with E-state index in [1.807, 2.05) is 0 Å². The zero-order valence-electron chi connectivity index (χ0n) is 14.0. The van der Waals surface area contributed by atoms with Crippen molar-refractivity contribution < 1.29 is 19.4 Å². The molecule has 0 radical (unpaired) electrons. The number of aromatic nitrogens is 2. The Bertz CT molecular complexity index is 747. The van der Waals surface area contributed by atoms with Crippen molar-refractivity contribution in [3.05, 3.63) is 28.8 Å². The number of benzene rings is 1. The summed E-state index contributed by atoms with van der Waals surface area (Å²) in [6.45, 7) is 0.0175. The number of methoxy groups -OCH3 is 2. The zero-order valence-corrected chi connectivity index (χ0v) is 14.8. The maximum absolute atomic E-state index is 12.0. The van der Waals surface area contributed by atoms with E-state index in [1.165, 1.54) is 18.4 Å². The standard InChI is InChI=1S/C16H20N4O4S/c1-23-10-5-6-13(24-2)11(7-10)12(21)8-17-15(22)18-16-20-19-14(25-16)9-3-4-9/h5-7,9,12,21H,3-4,8H2,1-2H3,(H2,17,18,20,22)/t12-/m1/s1. The molecule has 8 nitrogen and oxygen atoms in total. The van der Waals surface area contributed by atoms with Gasteiger partial charge in [0.2, 0.25) is 5.13 Å². The molecule has 2 amide bonds. The lowest BCUT2D eigenvalue weighted by molar-refractivity contribution is 0.170. The van der Waals surface area contributed by atoms with Gasteiger partial charge in [-0.05, 0) is 31.0 Å². The third kappa shape index (κ3) is 4.37. The van der Waals surface area contributed by atoms with Gasteiger partial charge < -0.3 is 19.9 Å². The fourth-order valence-electron chi connectivity index (χ4n) is 2.32. The fourth-order valence-corrected chi connectivity index (χ4v) is 3.23. The van der Waals surface area contributed by atoms with Crippen LogP contribution in [0.1, 0.15) is 35.4 Å². The van der Waals surface area contributed by atoms with Crippen LogP contribution in [-0.2, 0) is 0 Å². The first-order valence-electron chi connectivity index (χ1n) is 7.89. The highest BCUT2D eigenvalue weighted by atomic mass is 32.1. The molecule has 3 N–H and O–H groups in total. The first-order valence-corrected chi connectivity index (χ1v) is 8.70. The number of urea groups is 1. The number of hydrogen-bond donors (Lipinski definition) is 3. The van der Waals surface area contributed by atoms with E-state index < -0.39 is 12.1 Å². The predicted molar refractivity (Wildman–Crippen MR) is 93.4 cm³/mol. The Balaban J connectivity index is 1.55. The average molecular weight is 364 g/mol. The molecule has 0 aliphatic heterocycles. The summed E-state index contributed by atoms with van der Waals surface area (Å²) in [5.74, 6) is 1.62. The Labute approximate surface area is 149 Å². The zero-order chi connectivity index (χ0) is 17.8. The molecular formula is C16H20N4O4S. The summed E-state index contributed by atoms with van der Waals surface area (Å²) in [5.41, 5.74) is 0.536. The van der Waals surface area contributed by atoms with Gasteiger partial charge in [-0.1, -0.05) is 11.3 Å². The van der Waals surface area contributed by atoms with Crippen LogP contribution in [0.3, 0.4) is 0 Å². The molecule has 1 aromatic heterocycles. The number of nitrogens with one attached hydrogen (secondary N) is 2. The summed E-state index contributed by atoms with van der Waals surface area (Å²) in [6.07, 6.45) is 1.33. The fraction of sp³-hybridized carbons (Fsp3) is 0.438. The van der Waals surface area contributed by atoms with Crippen molar-refractivity contribution in [2.75, 3.05) is 26.1 Å². The molecule has 25 heavy (non-hydrogen) atoms. The first kappa shape index (κ1) is 17.4. The Morgan fingerprint density at radius 1 is 1.36 bits per heavy atom. The lowest BCUT2D eigenvalue weighted by atomic mass is 10.1. The van der Waals surface area contributed by atoms with Crippen LogP contribution >= 0.6 is 11.3 Å². The number of nitrogens with zero attached hydrogens (tertiary/aromatic N) is 2. The minimum Gasteiger partial charge on any atom is -0.497 e. The molecule has 2 aromatic rings. The molecule has 0 saturated heterocycles.